The molecule has 1 heterocycles. The second-order valence-electron chi connectivity index (χ2n) is 5.48. The van der Waals surface area contributed by atoms with E-state index in [0.717, 1.165) is 0 Å². The molecule has 2 amide bonds. The quantitative estimate of drug-likeness (QED) is 0.522. The minimum Gasteiger partial charge on any atom is -0.459 e. The lowest BCUT2D eigenvalue weighted by atomic mass is 10.2. The summed E-state index contributed by atoms with van der Waals surface area (Å²) < 4.78 is 9.91. The molecule has 0 aromatic carbocycles. The van der Waals surface area contributed by atoms with Crippen LogP contribution in [0.4, 0.5) is 4.79 Å². The molecular weight excluding hydrogens is 264 g/mol. The summed E-state index contributed by atoms with van der Waals surface area (Å²) in [5.41, 5.74) is -0.547. The Morgan fingerprint density at radius 1 is 1.00 bits per heavy atom. The van der Waals surface area contributed by atoms with E-state index in [2.05, 4.69) is 4.74 Å². The maximum atomic E-state index is 11.8. The minimum absolute atomic E-state index is 0.169. The maximum Gasteiger partial charge on any atom is 0.410 e. The van der Waals surface area contributed by atoms with Crippen LogP contribution in [-0.2, 0) is 19.1 Å². The number of carbonyl (C=O) groups is 3. The fourth-order valence-corrected chi connectivity index (χ4v) is 1.74. The molecule has 1 fully saturated rings. The van der Waals surface area contributed by atoms with Crippen LogP contribution < -0.4 is 0 Å². The lowest BCUT2D eigenvalue weighted by Gasteiger charge is -2.35. The van der Waals surface area contributed by atoms with Crippen molar-refractivity contribution in [1.82, 2.24) is 9.80 Å². The molecular formula is C13H22N2O5. The Morgan fingerprint density at radius 2 is 1.50 bits per heavy atom. The normalized spacial score (nSPS) is 15.8. The van der Waals surface area contributed by atoms with E-state index in [1.54, 1.807) is 27.7 Å². The van der Waals surface area contributed by atoms with Crippen molar-refractivity contribution in [3.8, 4) is 0 Å². The van der Waals surface area contributed by atoms with Crippen LogP contribution in [0.5, 0.6) is 0 Å². The van der Waals surface area contributed by atoms with E-state index < -0.39 is 23.6 Å². The Balaban J connectivity index is 2.46. The van der Waals surface area contributed by atoms with E-state index in [0.29, 0.717) is 26.2 Å². The van der Waals surface area contributed by atoms with Gasteiger partial charge < -0.3 is 19.3 Å². The zero-order valence-electron chi connectivity index (χ0n) is 12.5. The van der Waals surface area contributed by atoms with Crippen LogP contribution in [0.15, 0.2) is 0 Å². The number of ether oxygens (including phenoxy) is 2. The number of carbonyl (C=O) groups excluding carboxylic acids is 3. The average Bonchev–Trinajstić information content (AvgIpc) is 2.36. The molecule has 0 aromatic rings. The van der Waals surface area contributed by atoms with Crippen molar-refractivity contribution >= 4 is 18.0 Å². The first-order valence-electron chi connectivity index (χ1n) is 6.68. The molecule has 1 saturated heterocycles. The molecule has 0 spiro atoms. The van der Waals surface area contributed by atoms with Crippen LogP contribution in [0, 0.1) is 0 Å². The standard InChI is InChI=1S/C13H22N2O5/c1-5-19-11(17)10(16)14-6-8-15(9-7-14)12(18)20-13(2,3)4/h5-9H2,1-4H3. The average molecular weight is 286 g/mol. The number of nitrogens with zero attached hydrogens (tertiary/aromatic N) is 2. The Labute approximate surface area is 118 Å². The fraction of sp³-hybridized carbons (Fsp3) is 0.769. The van der Waals surface area contributed by atoms with Gasteiger partial charge in [0.1, 0.15) is 5.60 Å². The maximum absolute atomic E-state index is 11.8. The number of amides is 2. The highest BCUT2D eigenvalue weighted by atomic mass is 16.6. The molecule has 0 bridgehead atoms. The van der Waals surface area contributed by atoms with Gasteiger partial charge in [0.05, 0.1) is 6.61 Å². The summed E-state index contributed by atoms with van der Waals surface area (Å²) in [5, 5.41) is 0. The van der Waals surface area contributed by atoms with Crippen molar-refractivity contribution in [2.45, 2.75) is 33.3 Å². The highest BCUT2D eigenvalue weighted by Crippen LogP contribution is 2.12. The number of hydrogen-bond acceptors (Lipinski definition) is 5. The lowest BCUT2D eigenvalue weighted by Crippen LogP contribution is -2.53. The Bertz CT molecular complexity index is 381. The molecule has 0 aromatic heterocycles. The summed E-state index contributed by atoms with van der Waals surface area (Å²) in [5.74, 6) is -1.51. The SMILES string of the molecule is CCOC(=O)C(=O)N1CCN(C(=O)OC(C)(C)C)CC1. The van der Waals surface area contributed by atoms with Gasteiger partial charge in [-0.25, -0.2) is 9.59 Å². The molecule has 7 nitrogen and oxygen atoms in total. The summed E-state index contributed by atoms with van der Waals surface area (Å²) in [7, 11) is 0. The summed E-state index contributed by atoms with van der Waals surface area (Å²) in [6.45, 7) is 8.50. The molecule has 7 heteroatoms. The zero-order valence-corrected chi connectivity index (χ0v) is 12.5. The molecule has 0 aliphatic carbocycles. The largest absolute Gasteiger partial charge is 0.459 e. The van der Waals surface area contributed by atoms with Gasteiger partial charge in [-0.2, -0.15) is 0 Å². The van der Waals surface area contributed by atoms with E-state index in [1.807, 2.05) is 0 Å². The monoisotopic (exact) mass is 286 g/mol. The van der Waals surface area contributed by atoms with Gasteiger partial charge in [0.15, 0.2) is 0 Å². The first-order valence-corrected chi connectivity index (χ1v) is 6.68. The van der Waals surface area contributed by atoms with Crippen LogP contribution in [0.1, 0.15) is 27.7 Å². The van der Waals surface area contributed by atoms with Crippen molar-refractivity contribution in [3.05, 3.63) is 0 Å². The van der Waals surface area contributed by atoms with Crippen molar-refractivity contribution in [3.63, 3.8) is 0 Å². The van der Waals surface area contributed by atoms with Gasteiger partial charge in [-0.1, -0.05) is 0 Å². The number of rotatable bonds is 1. The minimum atomic E-state index is -0.849. The van der Waals surface area contributed by atoms with Gasteiger partial charge in [-0.05, 0) is 27.7 Å². The smallest absolute Gasteiger partial charge is 0.410 e. The van der Waals surface area contributed by atoms with E-state index in [-0.39, 0.29) is 6.61 Å². The molecule has 1 aliphatic heterocycles. The van der Waals surface area contributed by atoms with E-state index >= 15 is 0 Å². The van der Waals surface area contributed by atoms with Crippen molar-refractivity contribution in [1.29, 1.82) is 0 Å². The summed E-state index contributed by atoms with van der Waals surface area (Å²) in [6, 6.07) is 0. The van der Waals surface area contributed by atoms with Gasteiger partial charge in [0.25, 0.3) is 0 Å². The molecule has 0 atom stereocenters. The number of hydrogen-bond donors (Lipinski definition) is 0. The highest BCUT2D eigenvalue weighted by molar-refractivity contribution is 6.32. The third-order valence-electron chi connectivity index (χ3n) is 2.67. The second-order valence-corrected chi connectivity index (χ2v) is 5.48. The first-order chi connectivity index (χ1) is 9.24. The molecule has 0 N–H and O–H groups in total. The molecule has 1 aliphatic rings. The van der Waals surface area contributed by atoms with E-state index in [1.165, 1.54) is 9.80 Å². The van der Waals surface area contributed by atoms with Crippen LogP contribution >= 0.6 is 0 Å². The fourth-order valence-electron chi connectivity index (χ4n) is 1.74. The van der Waals surface area contributed by atoms with Crippen molar-refractivity contribution in [2.24, 2.45) is 0 Å². The highest BCUT2D eigenvalue weighted by Gasteiger charge is 2.30. The molecule has 0 saturated carbocycles. The van der Waals surface area contributed by atoms with E-state index in [9.17, 15) is 14.4 Å². The molecule has 0 unspecified atom stereocenters. The Morgan fingerprint density at radius 3 is 1.95 bits per heavy atom. The Hall–Kier alpha value is -1.79. The first kappa shape index (κ1) is 16.3. The van der Waals surface area contributed by atoms with Gasteiger partial charge in [-0.3, -0.25) is 4.79 Å². The summed E-state index contributed by atoms with van der Waals surface area (Å²) in [4.78, 5) is 37.8. The van der Waals surface area contributed by atoms with Gasteiger partial charge >= 0.3 is 18.0 Å². The molecule has 1 rings (SSSR count). The van der Waals surface area contributed by atoms with Crippen LogP contribution in [0.25, 0.3) is 0 Å². The topological polar surface area (TPSA) is 76.2 Å². The predicted molar refractivity (Wildman–Crippen MR) is 71.0 cm³/mol. The summed E-state index contributed by atoms with van der Waals surface area (Å²) in [6.07, 6.45) is -0.402. The van der Waals surface area contributed by atoms with Gasteiger partial charge in [-0.15, -0.1) is 0 Å². The zero-order chi connectivity index (χ0) is 15.3. The third kappa shape index (κ3) is 4.71. The third-order valence-corrected chi connectivity index (χ3v) is 2.67. The molecule has 20 heavy (non-hydrogen) atoms. The predicted octanol–water partition coefficient (Wildman–Crippen LogP) is 0.629. The lowest BCUT2D eigenvalue weighted by molar-refractivity contribution is -0.160. The van der Waals surface area contributed by atoms with E-state index in [4.69, 9.17) is 4.74 Å². The van der Waals surface area contributed by atoms with Gasteiger partial charge in [0.2, 0.25) is 0 Å². The second kappa shape index (κ2) is 6.58. The number of piperazine rings is 1. The van der Waals surface area contributed by atoms with Crippen molar-refractivity contribution < 1.29 is 23.9 Å². The summed E-state index contributed by atoms with van der Waals surface area (Å²) >= 11 is 0. The van der Waals surface area contributed by atoms with Gasteiger partial charge in [0, 0.05) is 26.2 Å². The Kier molecular flexibility index (Phi) is 5.35. The van der Waals surface area contributed by atoms with Crippen LogP contribution in [0.2, 0.25) is 0 Å². The van der Waals surface area contributed by atoms with Crippen LogP contribution in [-0.4, -0.2) is 66.2 Å². The van der Waals surface area contributed by atoms with Crippen LogP contribution in [0.3, 0.4) is 0 Å². The number of esters is 1. The molecule has 0 radical (unpaired) electrons. The molecule has 114 valence electrons. The van der Waals surface area contributed by atoms with Crippen molar-refractivity contribution in [2.75, 3.05) is 32.8 Å².